The second-order valence-electron chi connectivity index (χ2n) is 6.48. The van der Waals surface area contributed by atoms with E-state index in [4.69, 9.17) is 0 Å². The molecule has 4 heteroatoms. The van der Waals surface area contributed by atoms with Crippen molar-refractivity contribution in [3.8, 4) is 0 Å². The first kappa shape index (κ1) is 16.5. The highest BCUT2D eigenvalue weighted by Crippen LogP contribution is 2.17. The lowest BCUT2D eigenvalue weighted by molar-refractivity contribution is -0.121. The fraction of sp³-hybridized carbons (Fsp3) is 0.400. The van der Waals surface area contributed by atoms with Gasteiger partial charge in [0.1, 0.15) is 5.82 Å². The highest BCUT2D eigenvalue weighted by Gasteiger charge is 2.13. The smallest absolute Gasteiger partial charge is 0.220 e. The predicted molar refractivity (Wildman–Crippen MR) is 97.0 cm³/mol. The summed E-state index contributed by atoms with van der Waals surface area (Å²) in [7, 11) is 0. The number of hydrogen-bond donors (Lipinski definition) is 1. The molecule has 1 aromatic heterocycles. The predicted octanol–water partition coefficient (Wildman–Crippen LogP) is 3.24. The molecule has 1 N–H and O–H groups in total. The average molecular weight is 323 g/mol. The molecule has 0 radical (unpaired) electrons. The van der Waals surface area contributed by atoms with E-state index in [-0.39, 0.29) is 5.91 Å². The molecule has 0 bridgehead atoms. The lowest BCUT2D eigenvalue weighted by atomic mass is 10.1. The molecule has 1 aliphatic heterocycles. The first-order valence-corrected chi connectivity index (χ1v) is 8.73. The first-order chi connectivity index (χ1) is 11.7. The zero-order valence-electron chi connectivity index (χ0n) is 14.3. The van der Waals surface area contributed by atoms with Crippen LogP contribution in [0.5, 0.6) is 0 Å². The number of carbonyl (C=O) groups is 1. The number of nitrogens with zero attached hydrogens (tertiary/aromatic N) is 2. The third-order valence-corrected chi connectivity index (χ3v) is 4.49. The molecule has 126 valence electrons. The van der Waals surface area contributed by atoms with E-state index in [1.165, 1.54) is 24.0 Å². The van der Waals surface area contributed by atoms with E-state index in [1.807, 2.05) is 6.20 Å². The normalized spacial score (nSPS) is 14.0. The number of benzene rings is 1. The molecule has 0 saturated carbocycles. The molecule has 0 atom stereocenters. The maximum Gasteiger partial charge on any atom is 0.220 e. The highest BCUT2D eigenvalue weighted by molar-refractivity contribution is 5.76. The molecule has 24 heavy (non-hydrogen) atoms. The van der Waals surface area contributed by atoms with Crippen LogP contribution in [0, 0.1) is 6.92 Å². The third kappa shape index (κ3) is 4.57. The minimum Gasteiger partial charge on any atom is -0.357 e. The van der Waals surface area contributed by atoms with Crippen LogP contribution >= 0.6 is 0 Å². The van der Waals surface area contributed by atoms with E-state index >= 15 is 0 Å². The van der Waals surface area contributed by atoms with Gasteiger partial charge in [-0.3, -0.25) is 4.79 Å². The summed E-state index contributed by atoms with van der Waals surface area (Å²) >= 11 is 0. The van der Waals surface area contributed by atoms with Crippen LogP contribution in [-0.2, 0) is 17.8 Å². The molecule has 0 spiro atoms. The molecule has 2 aromatic rings. The van der Waals surface area contributed by atoms with Gasteiger partial charge in [0.2, 0.25) is 5.91 Å². The van der Waals surface area contributed by atoms with Gasteiger partial charge in [-0.25, -0.2) is 4.98 Å². The van der Waals surface area contributed by atoms with E-state index in [9.17, 15) is 4.79 Å². The van der Waals surface area contributed by atoms with E-state index in [1.54, 1.807) is 0 Å². The number of aromatic nitrogens is 1. The summed E-state index contributed by atoms with van der Waals surface area (Å²) in [4.78, 5) is 18.8. The van der Waals surface area contributed by atoms with Gasteiger partial charge in [0.15, 0.2) is 0 Å². The molecule has 0 aliphatic carbocycles. The van der Waals surface area contributed by atoms with Crippen molar-refractivity contribution in [3.63, 3.8) is 0 Å². The molecule has 1 aromatic carbocycles. The molecule has 2 heterocycles. The van der Waals surface area contributed by atoms with Crippen LogP contribution in [0.3, 0.4) is 0 Å². The maximum atomic E-state index is 12.0. The largest absolute Gasteiger partial charge is 0.357 e. The van der Waals surface area contributed by atoms with Gasteiger partial charge in [0, 0.05) is 32.3 Å². The first-order valence-electron chi connectivity index (χ1n) is 8.73. The monoisotopic (exact) mass is 323 g/mol. The van der Waals surface area contributed by atoms with Gasteiger partial charge in [-0.2, -0.15) is 0 Å². The van der Waals surface area contributed by atoms with Crippen LogP contribution < -0.4 is 10.2 Å². The zero-order valence-corrected chi connectivity index (χ0v) is 14.3. The summed E-state index contributed by atoms with van der Waals surface area (Å²) in [6.07, 6.45) is 5.66. The molecule has 3 rings (SSSR count). The summed E-state index contributed by atoms with van der Waals surface area (Å²) in [5.41, 5.74) is 3.49. The van der Waals surface area contributed by atoms with Crippen molar-refractivity contribution in [2.75, 3.05) is 18.0 Å². The van der Waals surface area contributed by atoms with Crippen molar-refractivity contribution in [2.24, 2.45) is 0 Å². The molecule has 4 nitrogen and oxygen atoms in total. The highest BCUT2D eigenvalue weighted by atomic mass is 16.1. The maximum absolute atomic E-state index is 12.0. The number of amides is 1. The number of carbonyl (C=O) groups excluding carboxylic acids is 1. The second-order valence-corrected chi connectivity index (χ2v) is 6.48. The van der Waals surface area contributed by atoms with Crippen molar-refractivity contribution in [2.45, 2.75) is 39.2 Å². The van der Waals surface area contributed by atoms with Crippen LogP contribution in [0.25, 0.3) is 0 Å². The number of hydrogen-bond acceptors (Lipinski definition) is 3. The zero-order chi connectivity index (χ0) is 16.8. The summed E-state index contributed by atoms with van der Waals surface area (Å²) in [5, 5.41) is 2.98. The Kier molecular flexibility index (Phi) is 5.47. The van der Waals surface area contributed by atoms with Crippen LogP contribution in [0.2, 0.25) is 0 Å². The van der Waals surface area contributed by atoms with Gasteiger partial charge in [-0.05, 0) is 43.4 Å². The van der Waals surface area contributed by atoms with E-state index in [0.29, 0.717) is 13.0 Å². The van der Waals surface area contributed by atoms with Crippen molar-refractivity contribution in [1.29, 1.82) is 0 Å². The Morgan fingerprint density at radius 1 is 1.08 bits per heavy atom. The Balaban J connectivity index is 1.43. The standard InChI is InChI=1S/C20H25N3O/c1-16-4-6-17(7-5-16)9-11-20(24)22-15-18-8-10-19(21-14-18)23-12-2-3-13-23/h4-8,10,14H,2-3,9,11-13,15H2,1H3,(H,22,24). The molecule has 1 aliphatic rings. The van der Waals surface area contributed by atoms with Gasteiger partial charge in [-0.15, -0.1) is 0 Å². The van der Waals surface area contributed by atoms with Crippen molar-refractivity contribution in [3.05, 3.63) is 59.3 Å². The Bertz CT molecular complexity index is 658. The second kappa shape index (κ2) is 7.95. The number of rotatable bonds is 6. The fourth-order valence-corrected chi connectivity index (χ4v) is 2.96. The Morgan fingerprint density at radius 3 is 2.46 bits per heavy atom. The third-order valence-electron chi connectivity index (χ3n) is 4.49. The van der Waals surface area contributed by atoms with Gasteiger partial charge in [-0.1, -0.05) is 35.9 Å². The van der Waals surface area contributed by atoms with Crippen molar-refractivity contribution < 1.29 is 4.79 Å². The van der Waals surface area contributed by atoms with Gasteiger partial charge < -0.3 is 10.2 Å². The molecule has 1 amide bonds. The molecule has 1 saturated heterocycles. The molecule has 1 fully saturated rings. The van der Waals surface area contributed by atoms with Gasteiger partial charge in [0.05, 0.1) is 0 Å². The average Bonchev–Trinajstić information content (AvgIpc) is 3.14. The van der Waals surface area contributed by atoms with Crippen LogP contribution in [-0.4, -0.2) is 24.0 Å². The Labute approximate surface area is 143 Å². The molecular weight excluding hydrogens is 298 g/mol. The van der Waals surface area contributed by atoms with E-state index in [0.717, 1.165) is 30.9 Å². The van der Waals surface area contributed by atoms with Crippen LogP contribution in [0.4, 0.5) is 5.82 Å². The fourth-order valence-electron chi connectivity index (χ4n) is 2.96. The quantitative estimate of drug-likeness (QED) is 0.887. The summed E-state index contributed by atoms with van der Waals surface area (Å²) in [6.45, 7) is 4.81. The van der Waals surface area contributed by atoms with E-state index in [2.05, 4.69) is 58.5 Å². The SMILES string of the molecule is Cc1ccc(CCC(=O)NCc2ccc(N3CCCC3)nc2)cc1. The Morgan fingerprint density at radius 2 is 1.79 bits per heavy atom. The van der Waals surface area contributed by atoms with Gasteiger partial charge >= 0.3 is 0 Å². The van der Waals surface area contributed by atoms with Crippen molar-refractivity contribution in [1.82, 2.24) is 10.3 Å². The number of anilines is 1. The van der Waals surface area contributed by atoms with Crippen LogP contribution in [0.1, 0.15) is 36.0 Å². The summed E-state index contributed by atoms with van der Waals surface area (Å²) < 4.78 is 0. The summed E-state index contributed by atoms with van der Waals surface area (Å²) in [5.74, 6) is 1.13. The van der Waals surface area contributed by atoms with Crippen molar-refractivity contribution >= 4 is 11.7 Å². The lowest BCUT2D eigenvalue weighted by Crippen LogP contribution is -2.23. The van der Waals surface area contributed by atoms with Gasteiger partial charge in [0.25, 0.3) is 0 Å². The number of aryl methyl sites for hydroxylation is 2. The topological polar surface area (TPSA) is 45.2 Å². The van der Waals surface area contributed by atoms with E-state index < -0.39 is 0 Å². The number of nitrogens with one attached hydrogen (secondary N) is 1. The Hall–Kier alpha value is -2.36. The lowest BCUT2D eigenvalue weighted by Gasteiger charge is -2.16. The number of pyridine rings is 1. The van der Waals surface area contributed by atoms with Crippen LogP contribution in [0.15, 0.2) is 42.6 Å². The minimum atomic E-state index is 0.0826. The molecule has 0 unspecified atom stereocenters. The molecular formula is C20H25N3O. The summed E-state index contributed by atoms with van der Waals surface area (Å²) in [6, 6.07) is 12.5. The minimum absolute atomic E-state index is 0.0826.